The molecular weight excluding hydrogens is 592 g/mol. The van der Waals surface area contributed by atoms with Gasteiger partial charge in [-0.15, -0.1) is 0 Å². The van der Waals surface area contributed by atoms with E-state index in [9.17, 15) is 14.7 Å². The molecule has 9 nitrogen and oxygen atoms in total. The van der Waals surface area contributed by atoms with E-state index in [2.05, 4.69) is 8.75 Å². The zero-order valence-corrected chi connectivity index (χ0v) is 26.0. The van der Waals surface area contributed by atoms with Crippen molar-refractivity contribution in [3.05, 3.63) is 119 Å². The van der Waals surface area contributed by atoms with Crippen LogP contribution in [0.4, 0.5) is 0 Å². The number of cyclic esters (lactones) is 1. The number of aliphatic hydroxyl groups is 1. The Morgan fingerprint density at radius 1 is 0.844 bits per heavy atom. The molecule has 0 spiro atoms. The Labute approximate surface area is 265 Å². The molecule has 1 aliphatic rings. The third kappa shape index (κ3) is 7.03. The third-order valence-electron chi connectivity index (χ3n) is 7.11. The molecule has 0 amide bonds. The fourth-order valence-corrected chi connectivity index (χ4v) is 5.39. The van der Waals surface area contributed by atoms with Gasteiger partial charge in [0.1, 0.15) is 34.6 Å². The summed E-state index contributed by atoms with van der Waals surface area (Å²) in [5.41, 5.74) is 4.83. The number of nitrogens with zero attached hydrogens (tertiary/aromatic N) is 2. The first kappa shape index (κ1) is 31.4. The summed E-state index contributed by atoms with van der Waals surface area (Å²) in [6, 6.07) is 26.8. The van der Waals surface area contributed by atoms with E-state index in [0.717, 1.165) is 40.6 Å². The van der Waals surface area contributed by atoms with Crippen molar-refractivity contribution in [2.75, 3.05) is 14.2 Å². The van der Waals surface area contributed by atoms with Crippen molar-refractivity contribution in [3.63, 3.8) is 0 Å². The monoisotopic (exact) mass is 624 g/mol. The summed E-state index contributed by atoms with van der Waals surface area (Å²) < 4.78 is 30.1. The largest absolute Gasteiger partial charge is 0.497 e. The fraction of sp³-hybridized carbons (Fsp3) is 0.200. The van der Waals surface area contributed by atoms with E-state index >= 15 is 0 Å². The number of rotatable bonds is 9. The molecule has 10 heteroatoms. The number of hydrogen-bond acceptors (Lipinski definition) is 10. The van der Waals surface area contributed by atoms with Crippen LogP contribution in [0.2, 0.25) is 0 Å². The van der Waals surface area contributed by atoms with E-state index in [4.69, 9.17) is 18.9 Å². The van der Waals surface area contributed by atoms with Gasteiger partial charge in [-0.3, -0.25) is 4.79 Å². The highest BCUT2D eigenvalue weighted by atomic mass is 32.1. The topological polar surface area (TPSA) is 117 Å². The lowest BCUT2D eigenvalue weighted by Gasteiger charge is -2.26. The summed E-state index contributed by atoms with van der Waals surface area (Å²) >= 11 is 1.11. The third-order valence-corrected chi connectivity index (χ3v) is 7.66. The number of fused-ring (bicyclic) bond motifs is 1. The number of aldehydes is 1. The minimum Gasteiger partial charge on any atom is -0.497 e. The summed E-state index contributed by atoms with van der Waals surface area (Å²) in [5.74, 6) is -0.372. The molecule has 0 saturated carbocycles. The number of carbonyl (C=O) groups is 2. The van der Waals surface area contributed by atoms with Crippen molar-refractivity contribution in [2.24, 2.45) is 0 Å². The lowest BCUT2D eigenvalue weighted by molar-refractivity contribution is -0.185. The summed E-state index contributed by atoms with van der Waals surface area (Å²) in [5, 5.41) is 11.8. The second kappa shape index (κ2) is 13.7. The van der Waals surface area contributed by atoms with Gasteiger partial charge in [0.05, 0.1) is 37.6 Å². The van der Waals surface area contributed by atoms with Gasteiger partial charge in [0, 0.05) is 23.1 Å². The Hall–Kier alpha value is -5.06. The van der Waals surface area contributed by atoms with Crippen LogP contribution in [0.15, 0.2) is 96.6 Å². The molecule has 1 unspecified atom stereocenters. The van der Waals surface area contributed by atoms with Crippen LogP contribution in [0.3, 0.4) is 0 Å². The van der Waals surface area contributed by atoms with E-state index in [1.165, 1.54) is 0 Å². The zero-order chi connectivity index (χ0) is 32.0. The van der Waals surface area contributed by atoms with Crippen molar-refractivity contribution in [1.82, 2.24) is 8.75 Å². The minimum absolute atomic E-state index is 0.0143. The second-order valence-electron chi connectivity index (χ2n) is 10.5. The van der Waals surface area contributed by atoms with Crippen LogP contribution in [-0.4, -0.2) is 46.4 Å². The highest BCUT2D eigenvalue weighted by Gasteiger charge is 2.48. The molecular formula is C35H32N2O7S. The van der Waals surface area contributed by atoms with Gasteiger partial charge in [-0.05, 0) is 97.8 Å². The van der Waals surface area contributed by atoms with Gasteiger partial charge in [-0.1, -0.05) is 18.2 Å². The highest BCUT2D eigenvalue weighted by Crippen LogP contribution is 2.45. The molecule has 0 saturated heterocycles. The average Bonchev–Trinajstić information content (AvgIpc) is 3.63. The Morgan fingerprint density at radius 2 is 1.44 bits per heavy atom. The Bertz CT molecular complexity index is 1810. The molecule has 6 rings (SSSR count). The van der Waals surface area contributed by atoms with Crippen LogP contribution < -0.4 is 14.2 Å². The maximum Gasteiger partial charge on any atom is 0.342 e. The molecule has 0 aliphatic carbocycles. The van der Waals surface area contributed by atoms with Crippen molar-refractivity contribution in [3.8, 4) is 17.2 Å². The number of carbonyl (C=O) groups excluding carboxylic acids is 2. The number of ether oxygens (including phenoxy) is 4. The van der Waals surface area contributed by atoms with Crippen molar-refractivity contribution in [2.45, 2.75) is 32.2 Å². The molecule has 1 aliphatic heterocycles. The van der Waals surface area contributed by atoms with E-state index in [0.29, 0.717) is 45.5 Å². The van der Waals surface area contributed by atoms with Gasteiger partial charge in [-0.2, -0.15) is 8.75 Å². The molecule has 1 aromatic heterocycles. The normalized spacial score (nSPS) is 15.8. The Kier molecular flexibility index (Phi) is 9.56. The first-order chi connectivity index (χ1) is 21.7. The SMILES string of the molecule is COc1ccc(C=O)cc1.COc1ccc(CC2=C(c3ccc4nsnc4c3)C(=O)OC2(O)c2ccc(OC(C)C)cc2)cc1. The first-order valence-corrected chi connectivity index (χ1v) is 14.9. The lowest BCUT2D eigenvalue weighted by Crippen LogP contribution is -2.29. The molecule has 0 radical (unpaired) electrons. The van der Waals surface area contributed by atoms with Gasteiger partial charge in [0.15, 0.2) is 0 Å². The summed E-state index contributed by atoms with van der Waals surface area (Å²) in [4.78, 5) is 23.4. The maximum absolute atomic E-state index is 13.2. The fourth-order valence-electron chi connectivity index (χ4n) is 4.87. The quantitative estimate of drug-likeness (QED) is 0.147. The average molecular weight is 625 g/mol. The van der Waals surface area contributed by atoms with Crippen LogP contribution in [0.25, 0.3) is 16.6 Å². The maximum atomic E-state index is 13.2. The summed E-state index contributed by atoms with van der Waals surface area (Å²) in [6.45, 7) is 3.88. The molecule has 5 aromatic rings. The standard InChI is InChI=1S/C27H24N2O5S.C8H8O2/c1-16(2)33-21-11-7-19(8-12-21)27(31)22(14-17-4-9-20(32-3)10-5-17)25(26(30)34-27)18-6-13-23-24(15-18)29-35-28-23;1-10-8-4-2-7(6-9)3-5-8/h4-13,15-16,31H,14H2,1-3H3;2-6H,1H3. The van der Waals surface area contributed by atoms with Gasteiger partial charge in [0.2, 0.25) is 0 Å². The molecule has 45 heavy (non-hydrogen) atoms. The molecule has 4 aromatic carbocycles. The van der Waals surface area contributed by atoms with Crippen LogP contribution in [-0.2, 0) is 21.7 Å². The molecule has 1 atom stereocenters. The molecule has 0 bridgehead atoms. The Morgan fingerprint density at radius 3 is 2.04 bits per heavy atom. The van der Waals surface area contributed by atoms with E-state index in [1.807, 2.05) is 44.2 Å². The first-order valence-electron chi connectivity index (χ1n) is 14.2. The highest BCUT2D eigenvalue weighted by molar-refractivity contribution is 7.00. The summed E-state index contributed by atoms with van der Waals surface area (Å²) in [6.07, 6.45) is 1.11. The van der Waals surface area contributed by atoms with E-state index in [1.54, 1.807) is 74.9 Å². The second-order valence-corrected chi connectivity index (χ2v) is 11.0. The molecule has 230 valence electrons. The van der Waals surface area contributed by atoms with Gasteiger partial charge in [0.25, 0.3) is 5.79 Å². The van der Waals surface area contributed by atoms with Crippen LogP contribution >= 0.6 is 11.7 Å². The zero-order valence-electron chi connectivity index (χ0n) is 25.2. The number of esters is 1. The number of hydrogen-bond donors (Lipinski definition) is 1. The van der Waals surface area contributed by atoms with E-state index < -0.39 is 11.8 Å². The van der Waals surface area contributed by atoms with E-state index in [-0.39, 0.29) is 6.10 Å². The molecule has 1 N–H and O–H groups in total. The predicted octanol–water partition coefficient (Wildman–Crippen LogP) is 6.39. The Balaban J connectivity index is 0.000000342. The van der Waals surface area contributed by atoms with Crippen molar-refractivity contribution >= 4 is 40.6 Å². The van der Waals surface area contributed by atoms with Gasteiger partial charge < -0.3 is 24.1 Å². The van der Waals surface area contributed by atoms with Crippen LogP contribution in [0.1, 0.15) is 40.9 Å². The van der Waals surface area contributed by atoms with Crippen LogP contribution in [0, 0.1) is 0 Å². The molecule has 2 heterocycles. The van der Waals surface area contributed by atoms with Crippen molar-refractivity contribution < 1.29 is 33.6 Å². The number of aromatic nitrogens is 2. The lowest BCUT2D eigenvalue weighted by atomic mass is 9.88. The number of benzene rings is 4. The van der Waals surface area contributed by atoms with Crippen molar-refractivity contribution in [1.29, 1.82) is 0 Å². The van der Waals surface area contributed by atoms with Gasteiger partial charge >= 0.3 is 5.97 Å². The summed E-state index contributed by atoms with van der Waals surface area (Å²) in [7, 11) is 3.20. The molecule has 0 fully saturated rings. The predicted molar refractivity (Wildman–Crippen MR) is 172 cm³/mol. The smallest absolute Gasteiger partial charge is 0.342 e. The van der Waals surface area contributed by atoms with Gasteiger partial charge in [-0.25, -0.2) is 4.79 Å². The van der Waals surface area contributed by atoms with Crippen LogP contribution in [0.5, 0.6) is 17.2 Å². The minimum atomic E-state index is -1.93. The number of methoxy groups -OCH3 is 2.